The molecule has 4 nitrogen and oxygen atoms in total. The maximum atomic E-state index is 6.20. The highest BCUT2D eigenvalue weighted by Crippen LogP contribution is 2.46. The minimum atomic E-state index is 0. The quantitative estimate of drug-likeness (QED) is 0.519. The fraction of sp³-hybridized carbons (Fsp3) is 0.143. The summed E-state index contributed by atoms with van der Waals surface area (Å²) in [5.41, 5.74) is 15.2. The Morgan fingerprint density at radius 3 is 2.35 bits per heavy atom. The van der Waals surface area contributed by atoms with Crippen LogP contribution in [0.15, 0.2) is 60.7 Å². The number of fused-ring (bicyclic) bond motifs is 2. The third-order valence-corrected chi connectivity index (χ3v) is 4.75. The van der Waals surface area contributed by atoms with E-state index >= 15 is 0 Å². The van der Waals surface area contributed by atoms with Gasteiger partial charge in [-0.1, -0.05) is 24.3 Å². The van der Waals surface area contributed by atoms with Gasteiger partial charge in [0.05, 0.1) is 0 Å². The van der Waals surface area contributed by atoms with Gasteiger partial charge in [0.2, 0.25) is 0 Å². The fourth-order valence-electron chi connectivity index (χ4n) is 3.45. The molecule has 1 aliphatic rings. The third kappa shape index (κ3) is 2.87. The zero-order valence-corrected chi connectivity index (χ0v) is 16.0. The van der Waals surface area contributed by atoms with Gasteiger partial charge in [0.1, 0.15) is 17.1 Å². The van der Waals surface area contributed by atoms with E-state index < -0.39 is 0 Å². The molecule has 0 saturated heterocycles. The fourth-order valence-corrected chi connectivity index (χ4v) is 3.45. The van der Waals surface area contributed by atoms with Crippen LogP contribution in [0.4, 0.5) is 39.8 Å². The van der Waals surface area contributed by atoms with E-state index in [1.54, 1.807) is 0 Å². The van der Waals surface area contributed by atoms with Gasteiger partial charge >= 0.3 is 0 Å². The zero-order valence-electron chi connectivity index (χ0n) is 15.2. The number of halogens is 1. The maximum absolute atomic E-state index is 6.20. The molecule has 4 N–H and O–H groups in total. The number of anilines is 5. The average Bonchev–Trinajstić information content (AvgIpc) is 2.61. The summed E-state index contributed by atoms with van der Waals surface area (Å²) in [5.74, 6) is 0. The number of benzene rings is 3. The predicted molar refractivity (Wildman–Crippen MR) is 106 cm³/mol. The third-order valence-electron chi connectivity index (χ3n) is 4.75. The highest BCUT2D eigenvalue weighted by Gasteiger charge is 2.30. The van der Waals surface area contributed by atoms with Crippen LogP contribution in [-0.2, 0) is 0 Å². The number of hydrogen-bond donors (Lipinski definition) is 2. The van der Waals surface area contributed by atoms with Crippen molar-refractivity contribution in [3.05, 3.63) is 66.2 Å². The first-order valence-corrected chi connectivity index (χ1v) is 8.46. The summed E-state index contributed by atoms with van der Waals surface area (Å²) in [5, 5.41) is 2.25. The Bertz CT molecular complexity index is 938. The van der Waals surface area contributed by atoms with Crippen LogP contribution in [0, 0.1) is 6.92 Å². The van der Waals surface area contributed by atoms with E-state index in [0.717, 1.165) is 22.6 Å². The van der Waals surface area contributed by atoms with Crippen molar-refractivity contribution in [2.45, 2.75) is 6.92 Å². The van der Waals surface area contributed by atoms with Crippen molar-refractivity contribution in [2.75, 3.05) is 29.6 Å². The van der Waals surface area contributed by atoms with Crippen molar-refractivity contribution in [3.63, 3.8) is 0 Å². The smallest absolute Gasteiger partial charge is 0.182 e. The van der Waals surface area contributed by atoms with Crippen molar-refractivity contribution in [3.8, 4) is 0 Å². The molecule has 3 aromatic rings. The monoisotopic (exact) mass is 366 g/mol. The molecule has 0 spiro atoms. The van der Waals surface area contributed by atoms with Gasteiger partial charge < -0.3 is 23.0 Å². The summed E-state index contributed by atoms with van der Waals surface area (Å²) in [6.45, 7) is 2.06. The number of para-hydroxylation sites is 2. The summed E-state index contributed by atoms with van der Waals surface area (Å²) >= 11 is 0. The van der Waals surface area contributed by atoms with E-state index in [9.17, 15) is 0 Å². The van der Waals surface area contributed by atoms with Gasteiger partial charge in [0.25, 0.3) is 0 Å². The molecule has 0 atom stereocenters. The molecule has 1 heterocycles. The van der Waals surface area contributed by atoms with Crippen LogP contribution < -0.4 is 33.3 Å². The van der Waals surface area contributed by atoms with Crippen LogP contribution in [0.5, 0.6) is 0 Å². The van der Waals surface area contributed by atoms with Crippen molar-refractivity contribution in [2.24, 2.45) is 0 Å². The maximum Gasteiger partial charge on any atom is 0.182 e. The highest BCUT2D eigenvalue weighted by atomic mass is 35.5. The summed E-state index contributed by atoms with van der Waals surface area (Å²) in [6.07, 6.45) is 0. The second kappa shape index (κ2) is 6.90. The van der Waals surface area contributed by atoms with Gasteiger partial charge in [0.15, 0.2) is 11.4 Å². The van der Waals surface area contributed by atoms with Crippen LogP contribution in [-0.4, -0.2) is 14.1 Å². The first-order valence-electron chi connectivity index (χ1n) is 8.46. The molecular weight excluding hydrogens is 344 g/mol. The Morgan fingerprint density at radius 2 is 1.65 bits per heavy atom. The van der Waals surface area contributed by atoms with Crippen molar-refractivity contribution >= 4 is 39.8 Å². The van der Waals surface area contributed by atoms with Crippen LogP contribution >= 0.6 is 0 Å². The molecule has 0 fully saturated rings. The summed E-state index contributed by atoms with van der Waals surface area (Å²) < 4.78 is 0. The van der Waals surface area contributed by atoms with Crippen LogP contribution in [0.25, 0.3) is 0 Å². The second-order valence-corrected chi connectivity index (χ2v) is 6.69. The molecule has 0 bridgehead atoms. The number of rotatable bonds is 2. The molecule has 4 rings (SSSR count). The van der Waals surface area contributed by atoms with E-state index in [-0.39, 0.29) is 12.4 Å². The molecule has 0 aromatic heterocycles. The van der Waals surface area contributed by atoms with E-state index in [4.69, 9.17) is 5.73 Å². The van der Waals surface area contributed by atoms with Crippen molar-refractivity contribution in [1.29, 1.82) is 0 Å². The van der Waals surface area contributed by atoms with Crippen molar-refractivity contribution < 1.29 is 17.7 Å². The second-order valence-electron chi connectivity index (χ2n) is 6.69. The molecule has 0 amide bonds. The Hall–Kier alpha value is -2.69. The molecule has 134 valence electrons. The standard InChI is InChI=1S/C21H22N4.ClH/c1-14-12-20-17(13-16(14)22)23-21-18(24(2)3)10-7-11-19(21)25(20)15-8-5-4-6-9-15;/h4-13,23H,22H2,1-3H3;1H. The Labute approximate surface area is 160 Å². The SMILES string of the molecule is Cc1cc2c(cc1N)[NH2+]c1c(N(C)C)cccc1N2c1ccccc1.[Cl-]. The molecule has 1 aliphatic heterocycles. The molecule has 0 saturated carbocycles. The van der Waals surface area contributed by atoms with Gasteiger partial charge in [-0.3, -0.25) is 10.2 Å². The lowest BCUT2D eigenvalue weighted by atomic mass is 10.0. The van der Waals surface area contributed by atoms with Gasteiger partial charge in [-0.05, 0) is 42.8 Å². The molecular formula is C21H23ClN4. The first kappa shape index (κ1) is 18.1. The van der Waals surface area contributed by atoms with Gasteiger partial charge in [-0.25, -0.2) is 0 Å². The van der Waals surface area contributed by atoms with Crippen LogP contribution in [0.3, 0.4) is 0 Å². The molecule has 5 heteroatoms. The normalized spacial score (nSPS) is 12.0. The van der Waals surface area contributed by atoms with E-state index in [2.05, 4.69) is 90.7 Å². The molecule has 0 unspecified atom stereocenters. The van der Waals surface area contributed by atoms with Gasteiger partial charge in [0, 0.05) is 31.5 Å². The van der Waals surface area contributed by atoms with Gasteiger partial charge in [-0.15, -0.1) is 0 Å². The molecule has 26 heavy (non-hydrogen) atoms. The number of hydrogen-bond acceptors (Lipinski definition) is 3. The summed E-state index contributed by atoms with van der Waals surface area (Å²) in [7, 11) is 4.16. The van der Waals surface area contributed by atoms with E-state index in [0.29, 0.717) is 0 Å². The molecule has 0 aliphatic carbocycles. The number of aryl methyl sites for hydroxylation is 1. The number of nitrogens with zero attached hydrogens (tertiary/aromatic N) is 2. The highest BCUT2D eigenvalue weighted by molar-refractivity contribution is 5.93. The number of quaternary nitrogens is 1. The zero-order chi connectivity index (χ0) is 17.6. The van der Waals surface area contributed by atoms with E-state index in [1.165, 1.54) is 22.7 Å². The number of nitrogens with two attached hydrogens (primary N) is 2. The molecule has 0 radical (unpaired) electrons. The van der Waals surface area contributed by atoms with E-state index in [1.807, 2.05) is 6.07 Å². The Morgan fingerprint density at radius 1 is 0.923 bits per heavy atom. The summed E-state index contributed by atoms with van der Waals surface area (Å²) in [6, 6.07) is 21.2. The lowest BCUT2D eigenvalue weighted by molar-refractivity contribution is -0.477. The summed E-state index contributed by atoms with van der Waals surface area (Å²) in [4.78, 5) is 4.48. The number of nitrogen functional groups attached to an aromatic ring is 1. The minimum Gasteiger partial charge on any atom is -1.00 e. The largest absolute Gasteiger partial charge is 1.00 e. The van der Waals surface area contributed by atoms with Crippen molar-refractivity contribution in [1.82, 2.24) is 0 Å². The Kier molecular flexibility index (Phi) is 4.81. The minimum absolute atomic E-state index is 0. The van der Waals surface area contributed by atoms with Gasteiger partial charge in [-0.2, -0.15) is 0 Å². The Balaban J connectivity index is 0.00000196. The average molecular weight is 367 g/mol. The van der Waals surface area contributed by atoms with Crippen LogP contribution in [0.1, 0.15) is 5.56 Å². The lowest BCUT2D eigenvalue weighted by Crippen LogP contribution is -3.00. The first-order chi connectivity index (χ1) is 12.1. The van der Waals surface area contributed by atoms with Crippen LogP contribution in [0.2, 0.25) is 0 Å². The predicted octanol–water partition coefficient (Wildman–Crippen LogP) is 0.957. The molecule has 3 aromatic carbocycles. The topological polar surface area (TPSA) is 49.1 Å². The lowest BCUT2D eigenvalue weighted by Gasteiger charge is -2.33.